The number of hydrogen-bond donors (Lipinski definition) is 1. The molecule has 3 aromatic rings. The van der Waals surface area contributed by atoms with Crippen LogP contribution in [0.5, 0.6) is 0 Å². The number of thiophene rings is 1. The van der Waals surface area contributed by atoms with Crippen LogP contribution in [-0.4, -0.2) is 16.7 Å². The maximum atomic E-state index is 14.5. The Hall–Kier alpha value is -2.77. The Labute approximate surface area is 180 Å². The number of nitrogens with zero attached hydrogens (tertiary/aromatic N) is 1. The van der Waals surface area contributed by atoms with E-state index >= 15 is 0 Å². The monoisotopic (exact) mass is 446 g/mol. The average Bonchev–Trinajstić information content (AvgIpc) is 3.32. The molecule has 2 aromatic carbocycles. The number of halogens is 3. The van der Waals surface area contributed by atoms with Crippen LogP contribution in [-0.2, 0) is 11.2 Å². The van der Waals surface area contributed by atoms with Crippen molar-refractivity contribution >= 4 is 34.8 Å². The highest BCUT2D eigenvalue weighted by atomic mass is 35.5. The number of benzene rings is 2. The van der Waals surface area contributed by atoms with Gasteiger partial charge in [0.05, 0.1) is 10.9 Å². The second-order valence-corrected chi connectivity index (χ2v) is 8.51. The van der Waals surface area contributed by atoms with E-state index in [1.807, 2.05) is 0 Å². The van der Waals surface area contributed by atoms with Gasteiger partial charge in [0.2, 0.25) is 5.91 Å². The molecule has 2 amide bonds. The number of hydrogen-bond acceptors (Lipinski definition) is 3. The van der Waals surface area contributed by atoms with E-state index in [0.717, 1.165) is 0 Å². The number of carbonyl (C=O) groups excluding carboxylic acids is 2. The maximum absolute atomic E-state index is 14.5. The van der Waals surface area contributed by atoms with E-state index < -0.39 is 34.8 Å². The molecule has 0 saturated carbocycles. The van der Waals surface area contributed by atoms with Crippen molar-refractivity contribution in [1.82, 2.24) is 4.90 Å². The lowest BCUT2D eigenvalue weighted by molar-refractivity contribution is -0.123. The summed E-state index contributed by atoms with van der Waals surface area (Å²) in [5, 5.41) is -0.322. The second kappa shape index (κ2) is 8.16. The molecular formula is C22H17ClF2N2O2S. The van der Waals surface area contributed by atoms with Crippen LogP contribution in [0.4, 0.5) is 8.78 Å². The van der Waals surface area contributed by atoms with E-state index in [-0.39, 0.29) is 9.90 Å². The summed E-state index contributed by atoms with van der Waals surface area (Å²) in [4.78, 5) is 27.5. The van der Waals surface area contributed by atoms with Crippen LogP contribution in [0.1, 0.15) is 44.9 Å². The molecule has 2 atom stereocenters. The van der Waals surface area contributed by atoms with E-state index in [9.17, 15) is 18.4 Å². The van der Waals surface area contributed by atoms with Crippen LogP contribution < -0.4 is 5.73 Å². The van der Waals surface area contributed by atoms with Gasteiger partial charge in [0.15, 0.2) is 5.13 Å². The average molecular weight is 447 g/mol. The van der Waals surface area contributed by atoms with Crippen LogP contribution in [0, 0.1) is 10.9 Å². The van der Waals surface area contributed by atoms with Gasteiger partial charge in [-0.1, -0.05) is 41.9 Å². The van der Waals surface area contributed by atoms with Gasteiger partial charge in [-0.3, -0.25) is 9.59 Å². The topological polar surface area (TPSA) is 63.4 Å². The predicted molar refractivity (Wildman–Crippen MR) is 111 cm³/mol. The van der Waals surface area contributed by atoms with Crippen molar-refractivity contribution in [2.75, 3.05) is 0 Å². The zero-order valence-corrected chi connectivity index (χ0v) is 17.2. The van der Waals surface area contributed by atoms with Gasteiger partial charge in [-0.05, 0) is 53.8 Å². The normalized spacial score (nSPS) is 16.2. The minimum atomic E-state index is -1.11. The summed E-state index contributed by atoms with van der Waals surface area (Å²) in [5.74, 6) is -1.73. The Morgan fingerprint density at radius 2 is 1.87 bits per heavy atom. The third kappa shape index (κ3) is 3.70. The van der Waals surface area contributed by atoms with Crippen molar-refractivity contribution in [3.63, 3.8) is 0 Å². The van der Waals surface area contributed by atoms with E-state index in [2.05, 4.69) is 0 Å². The molecule has 1 unspecified atom stereocenters. The summed E-state index contributed by atoms with van der Waals surface area (Å²) in [6.45, 7) is 0. The molecule has 4 nitrogen and oxygen atoms in total. The Morgan fingerprint density at radius 1 is 1.13 bits per heavy atom. The molecule has 2 N–H and O–H groups in total. The number of rotatable bonds is 5. The van der Waals surface area contributed by atoms with Gasteiger partial charge in [-0.25, -0.2) is 4.39 Å². The molecule has 0 bridgehead atoms. The zero-order valence-electron chi connectivity index (χ0n) is 15.6. The molecule has 0 spiro atoms. The fourth-order valence-electron chi connectivity index (χ4n) is 4.00. The summed E-state index contributed by atoms with van der Waals surface area (Å²) in [6, 6.07) is 12.3. The molecule has 0 radical (unpaired) electrons. The Balaban J connectivity index is 1.87. The van der Waals surface area contributed by atoms with Gasteiger partial charge >= 0.3 is 0 Å². The van der Waals surface area contributed by atoms with Gasteiger partial charge in [-0.15, -0.1) is 11.3 Å². The number of nitrogens with two attached hydrogens (primary N) is 1. The van der Waals surface area contributed by atoms with E-state index in [0.29, 0.717) is 40.9 Å². The summed E-state index contributed by atoms with van der Waals surface area (Å²) in [7, 11) is 0. The van der Waals surface area contributed by atoms with E-state index in [1.165, 1.54) is 23.1 Å². The molecule has 1 aliphatic carbocycles. The van der Waals surface area contributed by atoms with Crippen molar-refractivity contribution in [1.29, 1.82) is 0 Å². The highest BCUT2D eigenvalue weighted by Crippen LogP contribution is 2.43. The van der Waals surface area contributed by atoms with E-state index in [4.69, 9.17) is 17.3 Å². The van der Waals surface area contributed by atoms with Crippen molar-refractivity contribution in [2.24, 2.45) is 5.73 Å². The number of amides is 2. The van der Waals surface area contributed by atoms with Crippen molar-refractivity contribution < 1.29 is 18.4 Å². The molecule has 1 aliphatic rings. The van der Waals surface area contributed by atoms with Gasteiger partial charge < -0.3 is 10.6 Å². The van der Waals surface area contributed by atoms with Crippen LogP contribution in [0.25, 0.3) is 0 Å². The Kier molecular flexibility index (Phi) is 5.58. The molecule has 0 aliphatic heterocycles. The largest absolute Gasteiger partial charge is 0.368 e. The van der Waals surface area contributed by atoms with Crippen molar-refractivity contribution in [3.8, 4) is 0 Å². The van der Waals surface area contributed by atoms with Crippen molar-refractivity contribution in [2.45, 2.75) is 24.9 Å². The molecule has 1 heterocycles. The number of fused-ring (bicyclic) bond motifs is 1. The van der Waals surface area contributed by atoms with Gasteiger partial charge in [0.25, 0.3) is 5.91 Å². The quantitative estimate of drug-likeness (QED) is 0.597. The number of carbonyl (C=O) groups is 2. The molecular weight excluding hydrogens is 430 g/mol. The van der Waals surface area contributed by atoms with Crippen LogP contribution in [0.3, 0.4) is 0 Å². The first-order valence-electron chi connectivity index (χ1n) is 9.27. The van der Waals surface area contributed by atoms with Gasteiger partial charge in [0, 0.05) is 5.02 Å². The fourth-order valence-corrected chi connectivity index (χ4v) is 4.89. The summed E-state index contributed by atoms with van der Waals surface area (Å²) in [6.07, 6.45) is 0.772. The fraction of sp³-hybridized carbons (Fsp3) is 0.182. The second-order valence-electron chi connectivity index (χ2n) is 7.04. The van der Waals surface area contributed by atoms with Crippen LogP contribution in [0.15, 0.2) is 54.6 Å². The third-order valence-corrected chi connectivity index (χ3v) is 6.32. The lowest BCUT2D eigenvalue weighted by atomic mass is 9.99. The van der Waals surface area contributed by atoms with E-state index in [1.54, 1.807) is 36.4 Å². The first kappa shape index (κ1) is 20.5. The predicted octanol–water partition coefficient (Wildman–Crippen LogP) is 5.04. The molecule has 154 valence electrons. The van der Waals surface area contributed by atoms with Gasteiger partial charge in [0.1, 0.15) is 11.9 Å². The summed E-state index contributed by atoms with van der Waals surface area (Å²) >= 11 is 6.76. The molecule has 0 saturated heterocycles. The first-order valence-corrected chi connectivity index (χ1v) is 10.5. The zero-order chi connectivity index (χ0) is 21.4. The first-order chi connectivity index (χ1) is 14.4. The SMILES string of the molecule is NC(=O)C(c1ccccc1)N(C(=O)c1ccc(F)s1)[C@@H]1CCc2c(F)cc(Cl)cc21. The Morgan fingerprint density at radius 3 is 2.50 bits per heavy atom. The molecule has 8 heteroatoms. The third-order valence-electron chi connectivity index (χ3n) is 5.24. The molecule has 0 fully saturated rings. The summed E-state index contributed by atoms with van der Waals surface area (Å²) < 4.78 is 28.1. The minimum absolute atomic E-state index is 0.130. The van der Waals surface area contributed by atoms with Gasteiger partial charge in [-0.2, -0.15) is 4.39 Å². The Bertz CT molecular complexity index is 1120. The minimum Gasteiger partial charge on any atom is -0.368 e. The molecule has 1 aromatic heterocycles. The smallest absolute Gasteiger partial charge is 0.265 e. The summed E-state index contributed by atoms with van der Waals surface area (Å²) in [5.41, 5.74) is 7.24. The lowest BCUT2D eigenvalue weighted by Gasteiger charge is -2.35. The van der Waals surface area contributed by atoms with Crippen LogP contribution in [0.2, 0.25) is 5.02 Å². The highest BCUT2D eigenvalue weighted by molar-refractivity contribution is 7.12. The molecule has 4 rings (SSSR count). The lowest BCUT2D eigenvalue weighted by Crippen LogP contribution is -2.43. The molecule has 30 heavy (non-hydrogen) atoms. The number of primary amides is 1. The van der Waals surface area contributed by atoms with Crippen LogP contribution >= 0.6 is 22.9 Å². The van der Waals surface area contributed by atoms with Crippen molar-refractivity contribution in [3.05, 3.63) is 92.1 Å². The highest BCUT2D eigenvalue weighted by Gasteiger charge is 2.40. The standard InChI is InChI=1S/C22H17ClF2N2O2S/c23-13-10-15-14(16(24)11-13)6-7-17(15)27(22(29)18-8-9-19(25)30-18)20(21(26)28)12-4-2-1-3-5-12/h1-5,8-11,17,20H,6-7H2,(H2,26,28)/t17-,20?/m1/s1. The maximum Gasteiger partial charge on any atom is 0.265 e.